The van der Waals surface area contributed by atoms with E-state index in [2.05, 4.69) is 9.98 Å². The molecule has 0 N–H and O–H groups in total. The number of nitrogens with zero attached hydrogens (tertiary/aromatic N) is 2. The lowest BCUT2D eigenvalue weighted by atomic mass is 10.0. The molecular formula is C19H16N2O3. The number of carbonyl (C=O) groups excluding carboxylic acids is 1. The number of ether oxygens (including phenoxy) is 2. The number of rotatable bonds is 2. The van der Waals surface area contributed by atoms with Gasteiger partial charge in [-0.2, -0.15) is 0 Å². The molecule has 1 aromatic carbocycles. The minimum atomic E-state index is -0.0607. The van der Waals surface area contributed by atoms with Crippen molar-refractivity contribution < 1.29 is 14.3 Å². The van der Waals surface area contributed by atoms with Gasteiger partial charge < -0.3 is 9.47 Å². The third-order valence-corrected chi connectivity index (χ3v) is 4.03. The summed E-state index contributed by atoms with van der Waals surface area (Å²) in [5, 5.41) is 0.947. The van der Waals surface area contributed by atoms with Crippen LogP contribution in [0.15, 0.2) is 47.5 Å². The summed E-state index contributed by atoms with van der Waals surface area (Å²) >= 11 is 0. The molecule has 2 aromatic rings. The molecule has 5 nitrogen and oxygen atoms in total. The third kappa shape index (κ3) is 2.48. The topological polar surface area (TPSA) is 60.8 Å². The molecule has 1 aliphatic heterocycles. The second-order valence-electron chi connectivity index (χ2n) is 5.56. The van der Waals surface area contributed by atoms with E-state index in [0.717, 1.165) is 16.7 Å². The van der Waals surface area contributed by atoms with Gasteiger partial charge in [-0.15, -0.1) is 0 Å². The quantitative estimate of drug-likeness (QED) is 0.851. The second kappa shape index (κ2) is 5.92. The Balaban J connectivity index is 1.79. The number of carbonyl (C=O) groups is 1. The van der Waals surface area contributed by atoms with Crippen LogP contribution in [0, 0.1) is 0 Å². The average Bonchev–Trinajstić information content (AvgIpc) is 2.97. The van der Waals surface area contributed by atoms with Crippen LogP contribution in [0.1, 0.15) is 19.0 Å². The van der Waals surface area contributed by atoms with Crippen LogP contribution < -0.4 is 9.47 Å². The lowest BCUT2D eigenvalue weighted by Gasteiger charge is -2.08. The monoisotopic (exact) mass is 320 g/mol. The maximum absolute atomic E-state index is 12.7. The van der Waals surface area contributed by atoms with E-state index in [4.69, 9.17) is 9.47 Å². The Bertz CT molecular complexity index is 926. The van der Waals surface area contributed by atoms with E-state index in [1.54, 1.807) is 0 Å². The Labute approximate surface area is 139 Å². The summed E-state index contributed by atoms with van der Waals surface area (Å²) < 4.78 is 10.8. The first-order valence-electron chi connectivity index (χ1n) is 7.92. The lowest BCUT2D eigenvalue weighted by molar-refractivity contribution is -0.108. The zero-order valence-corrected chi connectivity index (χ0v) is 13.3. The third-order valence-electron chi connectivity index (χ3n) is 4.03. The van der Waals surface area contributed by atoms with Crippen LogP contribution >= 0.6 is 0 Å². The molecule has 0 amide bonds. The first-order valence-corrected chi connectivity index (χ1v) is 7.92. The Morgan fingerprint density at radius 3 is 2.88 bits per heavy atom. The highest BCUT2D eigenvalue weighted by molar-refractivity contribution is 6.56. The van der Waals surface area contributed by atoms with Crippen molar-refractivity contribution in [3.8, 4) is 11.5 Å². The maximum atomic E-state index is 12.7. The number of hydrogen-bond donors (Lipinski definition) is 0. The van der Waals surface area contributed by atoms with Crippen molar-refractivity contribution in [2.45, 2.75) is 13.3 Å². The fourth-order valence-corrected chi connectivity index (χ4v) is 2.86. The smallest absolute Gasteiger partial charge is 0.231 e. The molecule has 2 heterocycles. The molecule has 5 heteroatoms. The molecule has 0 saturated carbocycles. The van der Waals surface area contributed by atoms with Crippen molar-refractivity contribution in [2.75, 3.05) is 13.3 Å². The van der Waals surface area contributed by atoms with Crippen LogP contribution in [0.5, 0.6) is 11.5 Å². The van der Waals surface area contributed by atoms with E-state index in [9.17, 15) is 4.79 Å². The molecule has 1 aromatic heterocycles. The van der Waals surface area contributed by atoms with Gasteiger partial charge in [-0.3, -0.25) is 9.79 Å². The predicted octanol–water partition coefficient (Wildman–Crippen LogP) is 3.34. The van der Waals surface area contributed by atoms with E-state index in [-0.39, 0.29) is 12.6 Å². The number of hydrogen-bond acceptors (Lipinski definition) is 5. The van der Waals surface area contributed by atoms with Gasteiger partial charge in [-0.25, -0.2) is 4.98 Å². The van der Waals surface area contributed by atoms with Gasteiger partial charge in [0.1, 0.15) is 0 Å². The largest absolute Gasteiger partial charge is 0.454 e. The number of aromatic nitrogens is 1. The lowest BCUT2D eigenvalue weighted by Crippen LogP contribution is -2.15. The molecule has 0 fully saturated rings. The van der Waals surface area contributed by atoms with Gasteiger partial charge in [-0.1, -0.05) is 18.2 Å². The minimum absolute atomic E-state index is 0.0607. The minimum Gasteiger partial charge on any atom is -0.454 e. The summed E-state index contributed by atoms with van der Waals surface area (Å²) in [7, 11) is 0. The summed E-state index contributed by atoms with van der Waals surface area (Å²) in [5.41, 5.74) is 2.55. The van der Waals surface area contributed by atoms with E-state index >= 15 is 0 Å². The van der Waals surface area contributed by atoms with E-state index in [1.807, 2.05) is 49.4 Å². The van der Waals surface area contributed by atoms with Crippen LogP contribution in [0.3, 0.4) is 0 Å². The van der Waals surface area contributed by atoms with Crippen LogP contribution in [0.4, 0.5) is 0 Å². The molecular weight excluding hydrogens is 304 g/mol. The van der Waals surface area contributed by atoms with Crippen LogP contribution in [-0.4, -0.2) is 29.8 Å². The first kappa shape index (κ1) is 14.6. The van der Waals surface area contributed by atoms with Crippen molar-refractivity contribution in [2.24, 2.45) is 4.99 Å². The second-order valence-corrected chi connectivity index (χ2v) is 5.56. The Morgan fingerprint density at radius 1 is 1.21 bits per heavy atom. The maximum Gasteiger partial charge on any atom is 0.231 e. The van der Waals surface area contributed by atoms with Crippen molar-refractivity contribution in [1.82, 2.24) is 4.98 Å². The highest BCUT2D eigenvalue weighted by atomic mass is 16.7. The number of fused-ring (bicyclic) bond motifs is 2. The average molecular weight is 320 g/mol. The standard InChI is InChI=1S/C19H16N2O3/c1-2-20-15-6-4-3-5-13(19(15)22)14-8-7-12-9-17-18(24-11-23-17)10-16(12)21-14/h3-5,7-10H,2,6,11H2,1H3. The Hall–Kier alpha value is -2.95. The van der Waals surface area contributed by atoms with Gasteiger partial charge in [0.2, 0.25) is 12.6 Å². The normalized spacial score (nSPS) is 18.1. The number of ketones is 1. The summed E-state index contributed by atoms with van der Waals surface area (Å²) in [5.74, 6) is 1.35. The van der Waals surface area contributed by atoms with E-state index in [0.29, 0.717) is 35.7 Å². The van der Waals surface area contributed by atoms with Crippen molar-refractivity contribution in [3.05, 3.63) is 48.2 Å². The fraction of sp³-hybridized carbons (Fsp3) is 0.211. The van der Waals surface area contributed by atoms with Crippen LogP contribution in [0.2, 0.25) is 0 Å². The van der Waals surface area contributed by atoms with Crippen LogP contribution in [-0.2, 0) is 4.79 Å². The SMILES string of the molecule is CCN=C1CC=CC=C(c2ccc3cc4c(cc3n2)OCO4)C1=O. The van der Waals surface area contributed by atoms with Gasteiger partial charge in [-0.05, 0) is 25.1 Å². The molecule has 0 unspecified atom stereocenters. The Kier molecular flexibility index (Phi) is 3.61. The van der Waals surface area contributed by atoms with Gasteiger partial charge >= 0.3 is 0 Å². The number of aliphatic imine (C=N–C) groups is 1. The summed E-state index contributed by atoms with van der Waals surface area (Å²) in [6.07, 6.45) is 6.19. The number of allylic oxidation sites excluding steroid dienone is 4. The fourth-order valence-electron chi connectivity index (χ4n) is 2.86. The van der Waals surface area contributed by atoms with Crippen molar-refractivity contribution in [1.29, 1.82) is 0 Å². The number of Topliss-reactive ketones (excluding diaryl/α,β-unsaturated/α-hetero) is 1. The molecule has 0 atom stereocenters. The molecule has 24 heavy (non-hydrogen) atoms. The summed E-state index contributed by atoms with van der Waals surface area (Å²) in [4.78, 5) is 21.7. The Morgan fingerprint density at radius 2 is 2.04 bits per heavy atom. The van der Waals surface area contributed by atoms with Crippen molar-refractivity contribution >= 4 is 28.0 Å². The van der Waals surface area contributed by atoms with Crippen molar-refractivity contribution in [3.63, 3.8) is 0 Å². The molecule has 1 aliphatic carbocycles. The molecule has 2 aliphatic rings. The highest BCUT2D eigenvalue weighted by Gasteiger charge is 2.21. The summed E-state index contributed by atoms with van der Waals surface area (Å²) in [6.45, 7) is 2.75. The van der Waals surface area contributed by atoms with E-state index < -0.39 is 0 Å². The predicted molar refractivity (Wildman–Crippen MR) is 92.6 cm³/mol. The summed E-state index contributed by atoms with van der Waals surface area (Å²) in [6, 6.07) is 7.55. The molecule has 0 radical (unpaired) electrons. The molecule has 0 bridgehead atoms. The van der Waals surface area contributed by atoms with Crippen LogP contribution in [0.25, 0.3) is 16.5 Å². The zero-order chi connectivity index (χ0) is 16.5. The molecule has 0 saturated heterocycles. The molecule has 4 rings (SSSR count). The zero-order valence-electron chi connectivity index (χ0n) is 13.3. The van der Waals surface area contributed by atoms with E-state index in [1.165, 1.54) is 0 Å². The number of pyridine rings is 1. The molecule has 120 valence electrons. The highest BCUT2D eigenvalue weighted by Crippen LogP contribution is 2.36. The first-order chi connectivity index (χ1) is 11.8. The van der Waals surface area contributed by atoms with Gasteiger partial charge in [0.05, 0.1) is 16.9 Å². The van der Waals surface area contributed by atoms with Gasteiger partial charge in [0, 0.05) is 30.0 Å². The molecule has 0 spiro atoms. The van der Waals surface area contributed by atoms with Gasteiger partial charge in [0.15, 0.2) is 11.5 Å². The number of benzene rings is 1. The van der Waals surface area contributed by atoms with Gasteiger partial charge in [0.25, 0.3) is 0 Å².